The van der Waals surface area contributed by atoms with Crippen LogP contribution in [0, 0.1) is 0 Å². The fourth-order valence-electron chi connectivity index (χ4n) is 0.957. The van der Waals surface area contributed by atoms with Gasteiger partial charge in [-0.2, -0.15) is 12.6 Å². The van der Waals surface area contributed by atoms with Gasteiger partial charge in [-0.05, 0) is 13.8 Å². The van der Waals surface area contributed by atoms with E-state index in [4.69, 9.17) is 15.3 Å². The predicted octanol–water partition coefficient (Wildman–Crippen LogP) is 1.08. The number of rotatable bonds is 3. The van der Waals surface area contributed by atoms with Crippen molar-refractivity contribution >= 4 is 18.6 Å². The van der Waals surface area contributed by atoms with Gasteiger partial charge in [-0.15, -0.1) is 0 Å². The molecule has 0 aromatic carbocycles. The van der Waals surface area contributed by atoms with Crippen molar-refractivity contribution in [3.63, 3.8) is 0 Å². The van der Waals surface area contributed by atoms with E-state index in [1.54, 1.807) is 13.8 Å². The third-order valence-corrected chi connectivity index (χ3v) is 2.12. The Balaban J connectivity index is 3.07. The van der Waals surface area contributed by atoms with Crippen LogP contribution in [0.1, 0.15) is 36.1 Å². The van der Waals surface area contributed by atoms with Crippen LogP contribution in [-0.2, 0) is 0 Å². The summed E-state index contributed by atoms with van der Waals surface area (Å²) in [5.41, 5.74) is 5.63. The van der Waals surface area contributed by atoms with Gasteiger partial charge in [0.25, 0.3) is 0 Å². The highest BCUT2D eigenvalue weighted by molar-refractivity contribution is 7.81. The molecule has 0 radical (unpaired) electrons. The molecule has 1 heterocycles. The van der Waals surface area contributed by atoms with Crippen LogP contribution in [0.5, 0.6) is 0 Å². The normalized spacial score (nSPS) is 14.0. The van der Waals surface area contributed by atoms with Crippen LogP contribution in [0.15, 0.2) is 10.8 Å². The molecule has 0 fully saturated rings. The van der Waals surface area contributed by atoms with Crippen molar-refractivity contribution in [1.82, 2.24) is 4.98 Å². The Hall–Kier alpha value is -1.01. The summed E-state index contributed by atoms with van der Waals surface area (Å²) in [6.45, 7) is 3.55. The molecule has 0 amide bonds. The number of aromatic carboxylic acids is 1. The monoisotopic (exact) mass is 216 g/mol. The van der Waals surface area contributed by atoms with Gasteiger partial charge in [-0.25, -0.2) is 9.78 Å². The molecule has 1 aromatic rings. The van der Waals surface area contributed by atoms with Crippen LogP contribution in [-0.4, -0.2) is 20.8 Å². The minimum absolute atomic E-state index is 0.150. The summed E-state index contributed by atoms with van der Waals surface area (Å²) in [4.78, 5) is 14.3. The second-order valence-corrected chi connectivity index (χ2v) is 4.65. The largest absolute Gasteiger partial charge is 0.476 e. The minimum atomic E-state index is -1.15. The lowest BCUT2D eigenvalue weighted by Gasteiger charge is -2.23. The van der Waals surface area contributed by atoms with Gasteiger partial charge in [-0.3, -0.25) is 0 Å². The number of oxazole rings is 1. The van der Waals surface area contributed by atoms with E-state index in [2.05, 4.69) is 17.6 Å². The van der Waals surface area contributed by atoms with Gasteiger partial charge < -0.3 is 15.3 Å². The number of aromatic nitrogens is 1. The first-order chi connectivity index (χ1) is 6.34. The highest BCUT2D eigenvalue weighted by atomic mass is 32.1. The number of nitrogens with two attached hydrogens (primary N) is 1. The van der Waals surface area contributed by atoms with Gasteiger partial charge in [0, 0.05) is 4.75 Å². The Kier molecular flexibility index (Phi) is 2.86. The predicted molar refractivity (Wildman–Crippen MR) is 53.5 cm³/mol. The van der Waals surface area contributed by atoms with E-state index in [-0.39, 0.29) is 11.5 Å². The Morgan fingerprint density at radius 1 is 1.79 bits per heavy atom. The van der Waals surface area contributed by atoms with Gasteiger partial charge in [0.2, 0.25) is 0 Å². The summed E-state index contributed by atoms with van der Waals surface area (Å²) in [5, 5.41) is 8.77. The lowest BCUT2D eigenvalue weighted by molar-refractivity contribution is 0.0687. The van der Waals surface area contributed by atoms with E-state index in [1.807, 2.05) is 0 Å². The molecule has 5 nitrogen and oxygen atoms in total. The Bertz CT molecular complexity index is 343. The third-order valence-electron chi connectivity index (χ3n) is 1.84. The average Bonchev–Trinajstić information content (AvgIpc) is 2.48. The molecule has 0 saturated carbocycles. The molecule has 6 heteroatoms. The summed E-state index contributed by atoms with van der Waals surface area (Å²) in [5.74, 6) is -1.00. The quantitative estimate of drug-likeness (QED) is 0.658. The van der Waals surface area contributed by atoms with E-state index in [1.165, 1.54) is 0 Å². The molecule has 1 rings (SSSR count). The Morgan fingerprint density at radius 3 is 2.79 bits per heavy atom. The number of hydrogen-bond acceptors (Lipinski definition) is 5. The molecule has 78 valence electrons. The van der Waals surface area contributed by atoms with Gasteiger partial charge in [-0.1, -0.05) is 0 Å². The summed E-state index contributed by atoms with van der Waals surface area (Å²) in [7, 11) is 0. The van der Waals surface area contributed by atoms with Gasteiger partial charge in [0.1, 0.15) is 0 Å². The zero-order valence-electron chi connectivity index (χ0n) is 7.89. The summed E-state index contributed by atoms with van der Waals surface area (Å²) in [6, 6.07) is -0.612. The molecule has 1 aromatic heterocycles. The number of nitrogens with zero attached hydrogens (tertiary/aromatic N) is 1. The first-order valence-corrected chi connectivity index (χ1v) is 4.43. The first kappa shape index (κ1) is 11.1. The Labute approximate surface area is 86.7 Å². The van der Waals surface area contributed by atoms with Gasteiger partial charge >= 0.3 is 5.97 Å². The molecular weight excluding hydrogens is 204 g/mol. The topological polar surface area (TPSA) is 89.4 Å². The highest BCUT2D eigenvalue weighted by Gasteiger charge is 2.31. The van der Waals surface area contributed by atoms with Crippen LogP contribution >= 0.6 is 12.6 Å². The van der Waals surface area contributed by atoms with E-state index in [0.717, 1.165) is 6.39 Å². The molecule has 0 aliphatic rings. The van der Waals surface area contributed by atoms with Crippen molar-refractivity contribution in [2.24, 2.45) is 5.73 Å². The number of carboxylic acids is 1. The summed E-state index contributed by atoms with van der Waals surface area (Å²) >= 11 is 4.25. The molecule has 3 N–H and O–H groups in total. The maximum atomic E-state index is 10.7. The first-order valence-electron chi connectivity index (χ1n) is 3.98. The molecule has 14 heavy (non-hydrogen) atoms. The van der Waals surface area contributed by atoms with Crippen LogP contribution in [0.25, 0.3) is 0 Å². The SMILES string of the molecule is CC(C)(S)C(N)c1ocnc1C(=O)O. The second-order valence-electron chi connectivity index (χ2n) is 3.50. The van der Waals surface area contributed by atoms with Crippen LogP contribution in [0.2, 0.25) is 0 Å². The van der Waals surface area contributed by atoms with Crippen molar-refractivity contribution < 1.29 is 14.3 Å². The molecule has 0 aliphatic carbocycles. The van der Waals surface area contributed by atoms with Crippen LogP contribution in [0.4, 0.5) is 0 Å². The van der Waals surface area contributed by atoms with Gasteiger partial charge in [0.15, 0.2) is 17.8 Å². The minimum Gasteiger partial charge on any atom is -0.476 e. The number of thiol groups is 1. The lowest BCUT2D eigenvalue weighted by Crippen LogP contribution is -2.31. The fourth-order valence-corrected chi connectivity index (χ4v) is 1.07. The number of hydrogen-bond donors (Lipinski definition) is 3. The second kappa shape index (κ2) is 3.62. The van der Waals surface area contributed by atoms with Crippen molar-refractivity contribution in [1.29, 1.82) is 0 Å². The van der Waals surface area contributed by atoms with E-state index < -0.39 is 16.8 Å². The summed E-state index contributed by atoms with van der Waals surface area (Å²) < 4.78 is 4.38. The molecule has 1 atom stereocenters. The van der Waals surface area contributed by atoms with E-state index in [0.29, 0.717) is 0 Å². The molecule has 0 spiro atoms. The van der Waals surface area contributed by atoms with E-state index in [9.17, 15) is 4.79 Å². The molecule has 0 bridgehead atoms. The summed E-state index contributed by atoms with van der Waals surface area (Å²) in [6.07, 6.45) is 1.07. The number of carbonyl (C=O) groups is 1. The zero-order chi connectivity index (χ0) is 10.9. The fraction of sp³-hybridized carbons (Fsp3) is 0.500. The highest BCUT2D eigenvalue weighted by Crippen LogP contribution is 2.30. The van der Waals surface area contributed by atoms with Crippen molar-refractivity contribution in [3.8, 4) is 0 Å². The lowest BCUT2D eigenvalue weighted by atomic mass is 10.0. The molecule has 1 unspecified atom stereocenters. The van der Waals surface area contributed by atoms with Crippen molar-refractivity contribution in [2.45, 2.75) is 24.6 Å². The number of carboxylic acid groups (broad SMARTS) is 1. The smallest absolute Gasteiger partial charge is 0.358 e. The van der Waals surface area contributed by atoms with Crippen molar-refractivity contribution in [3.05, 3.63) is 17.8 Å². The molecule has 0 aliphatic heterocycles. The van der Waals surface area contributed by atoms with E-state index >= 15 is 0 Å². The van der Waals surface area contributed by atoms with Crippen LogP contribution < -0.4 is 5.73 Å². The average molecular weight is 216 g/mol. The molecular formula is C8H12N2O3S. The molecule has 0 saturated heterocycles. The Morgan fingerprint density at radius 2 is 2.36 bits per heavy atom. The maximum absolute atomic E-state index is 10.7. The third kappa shape index (κ3) is 2.08. The van der Waals surface area contributed by atoms with Gasteiger partial charge in [0.05, 0.1) is 6.04 Å². The standard InChI is InChI=1S/C8H12N2O3S/c1-8(2,14)6(9)5-4(7(11)12)10-3-13-5/h3,6,14H,9H2,1-2H3,(H,11,12). The zero-order valence-corrected chi connectivity index (χ0v) is 8.78. The van der Waals surface area contributed by atoms with Crippen LogP contribution in [0.3, 0.4) is 0 Å². The van der Waals surface area contributed by atoms with Crippen molar-refractivity contribution in [2.75, 3.05) is 0 Å². The maximum Gasteiger partial charge on any atom is 0.358 e.